The summed E-state index contributed by atoms with van der Waals surface area (Å²) in [5.74, 6) is -2.68. The Morgan fingerprint density at radius 3 is 2.54 bits per heavy atom. The summed E-state index contributed by atoms with van der Waals surface area (Å²) in [5, 5.41) is 10.3. The van der Waals surface area contributed by atoms with Gasteiger partial charge in [0.25, 0.3) is 0 Å². The van der Waals surface area contributed by atoms with E-state index in [0.717, 1.165) is 24.4 Å². The van der Waals surface area contributed by atoms with E-state index in [9.17, 15) is 31.1 Å². The molecule has 0 radical (unpaired) electrons. The molecule has 1 aromatic carbocycles. The van der Waals surface area contributed by atoms with Crippen LogP contribution in [-0.4, -0.2) is 40.3 Å². The molecule has 6 rings (SSSR count). The number of halogens is 6. The summed E-state index contributed by atoms with van der Waals surface area (Å²) >= 11 is 0. The lowest BCUT2D eigenvalue weighted by molar-refractivity contribution is -0.137. The molecular formula is C26H18F6N8O. The number of benzene rings is 1. The van der Waals surface area contributed by atoms with Crippen molar-refractivity contribution in [2.45, 2.75) is 37.4 Å². The molecule has 0 spiro atoms. The molecule has 2 atom stereocenters. The van der Waals surface area contributed by atoms with Gasteiger partial charge in [0, 0.05) is 47.7 Å². The summed E-state index contributed by atoms with van der Waals surface area (Å²) in [5.41, 5.74) is -1.76. The monoisotopic (exact) mass is 572 g/mol. The van der Waals surface area contributed by atoms with Crippen LogP contribution in [0.15, 0.2) is 61.2 Å². The normalized spacial score (nSPS) is 18.7. The molecule has 4 heterocycles. The molecule has 9 nitrogen and oxygen atoms in total. The summed E-state index contributed by atoms with van der Waals surface area (Å²) in [6, 6.07) is 7.15. The number of carbonyl (C=O) groups excluding carboxylic acids is 1. The van der Waals surface area contributed by atoms with Crippen molar-refractivity contribution in [2.24, 2.45) is 0 Å². The Bertz CT molecular complexity index is 1780. The van der Waals surface area contributed by atoms with Crippen LogP contribution in [-0.2, 0) is 16.4 Å². The summed E-state index contributed by atoms with van der Waals surface area (Å²) in [6.45, 7) is -1.27. The standard InChI is InChI=1S/C26H18F6N8O/c1-25(18-5-8-39(37-18)24(28)29)11-15(16-12-35-20-10-19(27)38-40(20)21(16)25)23(41)36-13-3-4-14(17(9-13)26(30,31)32)22-33-6-2-7-34-22/h2-10,12,15,24H,11H2,1H3,(H,36,41)/t15-,25+/m1/s1. The van der Waals surface area contributed by atoms with Gasteiger partial charge in [0.05, 0.1) is 28.3 Å². The van der Waals surface area contributed by atoms with Crippen LogP contribution in [0, 0.1) is 5.95 Å². The number of rotatable bonds is 5. The Kier molecular flexibility index (Phi) is 6.04. The fourth-order valence-electron chi connectivity index (χ4n) is 5.26. The average molecular weight is 572 g/mol. The predicted octanol–water partition coefficient (Wildman–Crippen LogP) is 5.37. The van der Waals surface area contributed by atoms with Gasteiger partial charge in [-0.3, -0.25) is 4.79 Å². The minimum Gasteiger partial charge on any atom is -0.326 e. The van der Waals surface area contributed by atoms with Gasteiger partial charge >= 0.3 is 12.7 Å². The minimum absolute atomic E-state index is 0.0290. The van der Waals surface area contributed by atoms with E-state index in [-0.39, 0.29) is 34.8 Å². The number of carbonyl (C=O) groups is 1. The quantitative estimate of drug-likeness (QED) is 0.284. The number of nitrogens with zero attached hydrogens (tertiary/aromatic N) is 7. The lowest BCUT2D eigenvalue weighted by atomic mass is 9.82. The first-order valence-electron chi connectivity index (χ1n) is 12.1. The summed E-state index contributed by atoms with van der Waals surface area (Å²) in [7, 11) is 0. The van der Waals surface area contributed by atoms with Crippen molar-refractivity contribution >= 4 is 17.2 Å². The van der Waals surface area contributed by atoms with Gasteiger partial charge in [-0.05, 0) is 43.7 Å². The third kappa shape index (κ3) is 4.46. The number of hydrogen-bond acceptors (Lipinski definition) is 6. The number of amides is 1. The number of alkyl halides is 5. The fraction of sp³-hybridized carbons (Fsp3) is 0.231. The fourth-order valence-corrected chi connectivity index (χ4v) is 5.26. The molecule has 1 N–H and O–H groups in total. The second kappa shape index (κ2) is 9.38. The molecule has 5 aromatic rings. The maximum absolute atomic E-state index is 14.1. The van der Waals surface area contributed by atoms with Crippen molar-refractivity contribution in [1.29, 1.82) is 0 Å². The van der Waals surface area contributed by atoms with Crippen molar-refractivity contribution in [1.82, 2.24) is 34.3 Å². The smallest absolute Gasteiger partial charge is 0.326 e. The molecule has 0 aliphatic heterocycles. The van der Waals surface area contributed by atoms with Gasteiger partial charge in [-0.15, -0.1) is 5.10 Å². The van der Waals surface area contributed by atoms with Gasteiger partial charge < -0.3 is 5.32 Å². The summed E-state index contributed by atoms with van der Waals surface area (Å²) in [6.07, 6.45) is 0.246. The van der Waals surface area contributed by atoms with Crippen molar-refractivity contribution in [3.8, 4) is 11.4 Å². The number of aromatic nitrogens is 7. The topological polar surface area (TPSA) is 103 Å². The second-order valence-electron chi connectivity index (χ2n) is 9.67. The van der Waals surface area contributed by atoms with E-state index in [4.69, 9.17) is 0 Å². The Balaban J connectivity index is 1.40. The maximum atomic E-state index is 14.1. The molecule has 0 bridgehead atoms. The summed E-state index contributed by atoms with van der Waals surface area (Å²) < 4.78 is 84.3. The van der Waals surface area contributed by atoms with Gasteiger partial charge in [0.15, 0.2) is 11.5 Å². The Labute approximate surface area is 226 Å². The van der Waals surface area contributed by atoms with Crippen molar-refractivity contribution in [3.05, 3.63) is 89.6 Å². The van der Waals surface area contributed by atoms with Crippen LogP contribution in [0.5, 0.6) is 0 Å². The molecule has 0 unspecified atom stereocenters. The minimum atomic E-state index is -4.78. The molecule has 1 aliphatic carbocycles. The SMILES string of the molecule is C[C@@]1(c2ccn(C(F)F)n2)C[C@@H](C(=O)Nc2ccc(-c3ncccn3)c(C(F)(F)F)c2)c2cnc3cc(F)nn3c21. The van der Waals surface area contributed by atoms with Crippen LogP contribution >= 0.6 is 0 Å². The Morgan fingerprint density at radius 2 is 1.85 bits per heavy atom. The molecule has 4 aromatic heterocycles. The highest BCUT2D eigenvalue weighted by Gasteiger charge is 2.48. The zero-order chi connectivity index (χ0) is 29.1. The molecule has 0 saturated heterocycles. The zero-order valence-corrected chi connectivity index (χ0v) is 20.9. The molecule has 0 saturated carbocycles. The van der Waals surface area contributed by atoms with E-state index in [0.29, 0.717) is 15.9 Å². The zero-order valence-electron chi connectivity index (χ0n) is 20.9. The third-order valence-electron chi connectivity index (χ3n) is 7.08. The lowest BCUT2D eigenvalue weighted by Gasteiger charge is -2.23. The highest BCUT2D eigenvalue weighted by molar-refractivity contribution is 5.97. The third-order valence-corrected chi connectivity index (χ3v) is 7.08. The lowest BCUT2D eigenvalue weighted by Crippen LogP contribution is -2.26. The van der Waals surface area contributed by atoms with Crippen LogP contribution in [0.2, 0.25) is 0 Å². The van der Waals surface area contributed by atoms with Crippen LogP contribution in [0.3, 0.4) is 0 Å². The molecule has 41 heavy (non-hydrogen) atoms. The molecule has 210 valence electrons. The average Bonchev–Trinajstić information content (AvgIpc) is 3.64. The largest absolute Gasteiger partial charge is 0.417 e. The summed E-state index contributed by atoms with van der Waals surface area (Å²) in [4.78, 5) is 25.5. The molecular weight excluding hydrogens is 554 g/mol. The van der Waals surface area contributed by atoms with Gasteiger partial charge in [-0.25, -0.2) is 24.1 Å². The molecule has 0 fully saturated rings. The van der Waals surface area contributed by atoms with Crippen LogP contribution in [0.1, 0.15) is 48.3 Å². The number of fused-ring (bicyclic) bond motifs is 3. The van der Waals surface area contributed by atoms with E-state index in [2.05, 4.69) is 30.5 Å². The van der Waals surface area contributed by atoms with Gasteiger partial charge in [0.1, 0.15) is 0 Å². The van der Waals surface area contributed by atoms with Crippen LogP contribution in [0.4, 0.5) is 32.0 Å². The van der Waals surface area contributed by atoms with E-state index in [1.54, 1.807) is 6.92 Å². The van der Waals surface area contributed by atoms with Gasteiger partial charge in [-0.1, -0.05) is 0 Å². The maximum Gasteiger partial charge on any atom is 0.417 e. The van der Waals surface area contributed by atoms with E-state index < -0.39 is 41.5 Å². The predicted molar refractivity (Wildman–Crippen MR) is 131 cm³/mol. The van der Waals surface area contributed by atoms with Gasteiger partial charge in [0.2, 0.25) is 11.9 Å². The van der Waals surface area contributed by atoms with E-state index in [1.165, 1.54) is 41.3 Å². The van der Waals surface area contributed by atoms with Crippen molar-refractivity contribution in [3.63, 3.8) is 0 Å². The Morgan fingerprint density at radius 1 is 1.10 bits per heavy atom. The van der Waals surface area contributed by atoms with E-state index >= 15 is 0 Å². The van der Waals surface area contributed by atoms with Crippen molar-refractivity contribution in [2.75, 3.05) is 5.32 Å². The molecule has 15 heteroatoms. The first kappa shape index (κ1) is 26.4. The number of anilines is 1. The Hall–Kier alpha value is -4.82. The van der Waals surface area contributed by atoms with E-state index in [1.807, 2.05) is 0 Å². The van der Waals surface area contributed by atoms with Gasteiger partial charge in [-0.2, -0.15) is 31.4 Å². The van der Waals surface area contributed by atoms with Crippen molar-refractivity contribution < 1.29 is 31.1 Å². The first-order valence-corrected chi connectivity index (χ1v) is 12.1. The number of hydrogen-bond donors (Lipinski definition) is 1. The van der Waals surface area contributed by atoms with Crippen LogP contribution < -0.4 is 5.32 Å². The molecule has 1 amide bonds. The highest BCUT2D eigenvalue weighted by atomic mass is 19.4. The number of nitrogens with one attached hydrogen (secondary N) is 1. The second-order valence-corrected chi connectivity index (χ2v) is 9.67. The molecule has 1 aliphatic rings. The van der Waals surface area contributed by atoms with Crippen LogP contribution in [0.25, 0.3) is 17.0 Å². The first-order chi connectivity index (χ1) is 19.5. The highest BCUT2D eigenvalue weighted by Crippen LogP contribution is 2.49.